The predicted octanol–water partition coefficient (Wildman–Crippen LogP) is 4.16. The van der Waals surface area contributed by atoms with Gasteiger partial charge in [-0.1, -0.05) is 33.6 Å². The number of hydrogen-bond donors (Lipinski definition) is 3. The fourth-order valence-corrected chi connectivity index (χ4v) is 3.27. The normalized spacial score (nSPS) is 20.4. The van der Waals surface area contributed by atoms with E-state index >= 15 is 0 Å². The lowest BCUT2D eigenvalue weighted by atomic mass is 9.86. The number of phenolic OH excluding ortho intramolecular Hbond substituents is 1. The second kappa shape index (κ2) is 10.2. The van der Waals surface area contributed by atoms with Gasteiger partial charge in [-0.15, -0.1) is 0 Å². The molecule has 0 radical (unpaired) electrons. The lowest BCUT2D eigenvalue weighted by molar-refractivity contribution is 0.0601. The number of aliphatic imine (C=N–C) groups is 1. The Balaban J connectivity index is 2.18. The number of hydrogen-bond acceptors (Lipinski definition) is 4. The molecule has 2 unspecified atom stereocenters. The van der Waals surface area contributed by atoms with Gasteiger partial charge in [-0.3, -0.25) is 4.99 Å². The molecule has 2 atom stereocenters. The number of rotatable bonds is 6. The van der Waals surface area contributed by atoms with Crippen molar-refractivity contribution in [2.24, 2.45) is 16.8 Å². The van der Waals surface area contributed by atoms with Crippen LogP contribution in [0.15, 0.2) is 23.2 Å². The van der Waals surface area contributed by atoms with Crippen molar-refractivity contribution in [1.29, 1.82) is 0 Å². The van der Waals surface area contributed by atoms with Gasteiger partial charge in [0.1, 0.15) is 5.75 Å². The quantitative estimate of drug-likeness (QED) is 0.301. The first kappa shape index (κ1) is 21.1. The number of carbonyl (C=O) groups excluding carboxylic acids is 1. The number of guanidine groups is 1. The van der Waals surface area contributed by atoms with Crippen LogP contribution in [-0.4, -0.2) is 36.7 Å². The van der Waals surface area contributed by atoms with E-state index < -0.39 is 5.97 Å². The van der Waals surface area contributed by atoms with Crippen LogP contribution in [0.3, 0.4) is 0 Å². The summed E-state index contributed by atoms with van der Waals surface area (Å²) in [5.74, 6) is 1.42. The van der Waals surface area contributed by atoms with E-state index in [1.807, 2.05) is 0 Å². The van der Waals surface area contributed by atoms with Crippen molar-refractivity contribution in [2.45, 2.75) is 58.9 Å². The smallest absolute Gasteiger partial charge is 0.337 e. The SMILES string of the molecule is COC(=O)c1ccc(O)c(NC(=NCCC(C)C)NC2CCCCC2C)c1. The van der Waals surface area contributed by atoms with E-state index in [0.717, 1.165) is 12.8 Å². The van der Waals surface area contributed by atoms with Crippen molar-refractivity contribution >= 4 is 17.6 Å². The van der Waals surface area contributed by atoms with Crippen molar-refractivity contribution in [3.8, 4) is 5.75 Å². The van der Waals surface area contributed by atoms with Gasteiger partial charge in [-0.05, 0) is 49.3 Å². The molecule has 0 spiro atoms. The van der Waals surface area contributed by atoms with E-state index in [4.69, 9.17) is 9.73 Å². The lowest BCUT2D eigenvalue weighted by Crippen LogP contribution is -2.44. The second-order valence-electron chi connectivity index (χ2n) is 7.77. The Morgan fingerprint density at radius 2 is 2.07 bits per heavy atom. The largest absolute Gasteiger partial charge is 0.506 e. The van der Waals surface area contributed by atoms with Gasteiger partial charge in [0.05, 0.1) is 18.4 Å². The van der Waals surface area contributed by atoms with Crippen LogP contribution in [-0.2, 0) is 4.74 Å². The molecule has 0 heterocycles. The first-order valence-electron chi connectivity index (χ1n) is 9.90. The number of ether oxygens (including phenoxy) is 1. The van der Waals surface area contributed by atoms with E-state index in [9.17, 15) is 9.90 Å². The first-order valence-corrected chi connectivity index (χ1v) is 9.90. The zero-order chi connectivity index (χ0) is 19.8. The van der Waals surface area contributed by atoms with Crippen molar-refractivity contribution in [1.82, 2.24) is 5.32 Å². The third-order valence-electron chi connectivity index (χ3n) is 5.08. The van der Waals surface area contributed by atoms with Crippen molar-refractivity contribution in [3.63, 3.8) is 0 Å². The molecule has 0 bridgehead atoms. The highest BCUT2D eigenvalue weighted by atomic mass is 16.5. The molecule has 1 aromatic carbocycles. The average molecular weight is 376 g/mol. The number of carbonyl (C=O) groups is 1. The molecule has 2 rings (SSSR count). The van der Waals surface area contributed by atoms with Crippen LogP contribution in [0.4, 0.5) is 5.69 Å². The van der Waals surface area contributed by atoms with Crippen LogP contribution >= 0.6 is 0 Å². The minimum absolute atomic E-state index is 0.0673. The van der Waals surface area contributed by atoms with Crippen LogP contribution in [0.2, 0.25) is 0 Å². The zero-order valence-electron chi connectivity index (χ0n) is 16.9. The monoisotopic (exact) mass is 375 g/mol. The third-order valence-corrected chi connectivity index (χ3v) is 5.08. The fourth-order valence-electron chi connectivity index (χ4n) is 3.27. The number of benzene rings is 1. The number of esters is 1. The maximum absolute atomic E-state index is 11.8. The van der Waals surface area contributed by atoms with E-state index in [1.165, 1.54) is 32.4 Å². The maximum Gasteiger partial charge on any atom is 0.337 e. The number of anilines is 1. The van der Waals surface area contributed by atoms with Crippen molar-refractivity contribution < 1.29 is 14.6 Å². The summed E-state index contributed by atoms with van der Waals surface area (Å²) in [6.07, 6.45) is 5.79. The Hall–Kier alpha value is -2.24. The highest BCUT2D eigenvalue weighted by Crippen LogP contribution is 2.26. The lowest BCUT2D eigenvalue weighted by Gasteiger charge is -2.31. The standard InChI is InChI=1S/C21H33N3O3/c1-14(2)11-12-22-21(23-17-8-6-5-7-15(17)3)24-18-13-16(20(26)27-4)9-10-19(18)25/h9-10,13-15,17,25H,5-8,11-12H2,1-4H3,(H2,22,23,24). The summed E-state index contributed by atoms with van der Waals surface area (Å²) in [7, 11) is 1.34. The minimum Gasteiger partial charge on any atom is -0.506 e. The van der Waals surface area contributed by atoms with Crippen LogP contribution in [0.5, 0.6) is 5.75 Å². The molecular formula is C21H33N3O3. The number of aromatic hydroxyl groups is 1. The molecule has 0 aliphatic heterocycles. The molecule has 1 aliphatic carbocycles. The molecule has 3 N–H and O–H groups in total. The molecule has 6 heteroatoms. The molecule has 1 aromatic rings. The number of methoxy groups -OCH3 is 1. The average Bonchev–Trinajstić information content (AvgIpc) is 2.64. The molecule has 0 saturated heterocycles. The van der Waals surface area contributed by atoms with Crippen LogP contribution < -0.4 is 10.6 Å². The third kappa shape index (κ3) is 6.45. The van der Waals surface area contributed by atoms with Crippen LogP contribution in [0.25, 0.3) is 0 Å². The summed E-state index contributed by atoms with van der Waals surface area (Å²) < 4.78 is 4.77. The Kier molecular flexibility index (Phi) is 7.95. The van der Waals surface area contributed by atoms with E-state index in [2.05, 4.69) is 31.4 Å². The van der Waals surface area contributed by atoms with Gasteiger partial charge in [0.15, 0.2) is 5.96 Å². The Morgan fingerprint density at radius 1 is 1.33 bits per heavy atom. The van der Waals surface area contributed by atoms with Crippen LogP contribution in [0.1, 0.15) is 63.2 Å². The summed E-state index contributed by atoms with van der Waals surface area (Å²) >= 11 is 0. The number of phenols is 1. The highest BCUT2D eigenvalue weighted by Gasteiger charge is 2.22. The summed E-state index contributed by atoms with van der Waals surface area (Å²) in [5, 5.41) is 16.9. The number of nitrogens with one attached hydrogen (secondary N) is 2. The molecule has 27 heavy (non-hydrogen) atoms. The Morgan fingerprint density at radius 3 is 2.74 bits per heavy atom. The predicted molar refractivity (Wildman–Crippen MR) is 109 cm³/mol. The summed E-state index contributed by atoms with van der Waals surface area (Å²) in [6.45, 7) is 7.30. The molecule has 150 valence electrons. The first-order chi connectivity index (χ1) is 12.9. The maximum atomic E-state index is 11.8. The van der Waals surface area contributed by atoms with Gasteiger partial charge in [0.25, 0.3) is 0 Å². The van der Waals surface area contributed by atoms with Crippen molar-refractivity contribution in [2.75, 3.05) is 19.0 Å². The summed E-state index contributed by atoms with van der Waals surface area (Å²) in [4.78, 5) is 16.5. The van der Waals surface area contributed by atoms with Gasteiger partial charge in [0.2, 0.25) is 0 Å². The zero-order valence-corrected chi connectivity index (χ0v) is 16.9. The number of nitrogens with zero attached hydrogens (tertiary/aromatic N) is 1. The van der Waals surface area contributed by atoms with Gasteiger partial charge >= 0.3 is 5.97 Å². The molecular weight excluding hydrogens is 342 g/mol. The molecule has 6 nitrogen and oxygen atoms in total. The molecule has 1 aliphatic rings. The molecule has 1 saturated carbocycles. The van der Waals surface area contributed by atoms with Gasteiger partial charge < -0.3 is 20.5 Å². The highest BCUT2D eigenvalue weighted by molar-refractivity contribution is 5.97. The fraction of sp³-hybridized carbons (Fsp3) is 0.619. The van der Waals surface area contributed by atoms with Crippen molar-refractivity contribution in [3.05, 3.63) is 23.8 Å². The Bertz CT molecular complexity index is 658. The molecule has 0 aromatic heterocycles. The van der Waals surface area contributed by atoms with E-state index in [0.29, 0.717) is 41.6 Å². The van der Waals surface area contributed by atoms with Gasteiger partial charge in [0, 0.05) is 12.6 Å². The van der Waals surface area contributed by atoms with E-state index in [-0.39, 0.29) is 5.75 Å². The van der Waals surface area contributed by atoms with Gasteiger partial charge in [-0.25, -0.2) is 4.79 Å². The molecule has 0 amide bonds. The van der Waals surface area contributed by atoms with Crippen LogP contribution in [0, 0.1) is 11.8 Å². The summed E-state index contributed by atoms with van der Waals surface area (Å²) in [6, 6.07) is 4.97. The molecule has 1 fully saturated rings. The van der Waals surface area contributed by atoms with E-state index in [1.54, 1.807) is 12.1 Å². The van der Waals surface area contributed by atoms with Gasteiger partial charge in [-0.2, -0.15) is 0 Å². The minimum atomic E-state index is -0.440. The summed E-state index contributed by atoms with van der Waals surface area (Å²) in [5.41, 5.74) is 0.822. The topological polar surface area (TPSA) is 83.0 Å². The Labute approximate surface area is 162 Å². The second-order valence-corrected chi connectivity index (χ2v) is 7.77.